The first-order valence-electron chi connectivity index (χ1n) is 11.6. The van der Waals surface area contributed by atoms with Gasteiger partial charge in [0.25, 0.3) is 0 Å². The first-order chi connectivity index (χ1) is 14.6. The van der Waals surface area contributed by atoms with E-state index < -0.39 is 0 Å². The molecule has 6 rings (SSSR count). The predicted octanol–water partition coefficient (Wildman–Crippen LogP) is 5.73. The molecule has 0 atom stereocenters. The van der Waals surface area contributed by atoms with E-state index in [9.17, 15) is 4.79 Å². The molecule has 2 N–H and O–H groups in total. The number of nitrogens with zero attached hydrogens (tertiary/aromatic N) is 1. The Morgan fingerprint density at radius 2 is 1.67 bits per heavy atom. The number of hydrogen-bond donors (Lipinski definition) is 2. The maximum absolute atomic E-state index is 12.3. The van der Waals surface area contributed by atoms with Crippen LogP contribution in [0.2, 0.25) is 0 Å². The molecule has 4 aliphatic carbocycles. The number of carbonyl (C=O) groups excluding carboxylic acids is 1. The van der Waals surface area contributed by atoms with E-state index in [1.165, 1.54) is 49.7 Å². The van der Waals surface area contributed by atoms with Crippen LogP contribution in [0.15, 0.2) is 42.6 Å². The summed E-state index contributed by atoms with van der Waals surface area (Å²) in [4.78, 5) is 16.9. The van der Waals surface area contributed by atoms with Crippen LogP contribution in [-0.2, 0) is 11.2 Å². The van der Waals surface area contributed by atoms with Gasteiger partial charge >= 0.3 is 0 Å². The molecule has 4 bridgehead atoms. The Balaban J connectivity index is 1.11. The molecule has 1 aromatic carbocycles. The number of anilines is 2. The summed E-state index contributed by atoms with van der Waals surface area (Å²) in [5.41, 5.74) is 3.61. The third kappa shape index (κ3) is 4.38. The zero-order valence-corrected chi connectivity index (χ0v) is 18.0. The van der Waals surface area contributed by atoms with E-state index in [4.69, 9.17) is 0 Å². The van der Waals surface area contributed by atoms with E-state index in [0.717, 1.165) is 42.1 Å². The molecule has 0 unspecified atom stereocenters. The lowest BCUT2D eigenvalue weighted by molar-refractivity contribution is -0.116. The van der Waals surface area contributed by atoms with Crippen molar-refractivity contribution in [2.45, 2.75) is 70.3 Å². The van der Waals surface area contributed by atoms with Crippen LogP contribution in [-0.4, -0.2) is 16.4 Å². The molecule has 1 amide bonds. The van der Waals surface area contributed by atoms with E-state index in [0.29, 0.717) is 6.42 Å². The minimum Gasteiger partial charge on any atom is -0.365 e. The zero-order valence-electron chi connectivity index (χ0n) is 18.0. The Hall–Kier alpha value is -2.36. The maximum atomic E-state index is 12.3. The van der Waals surface area contributed by atoms with Gasteiger partial charge in [0.2, 0.25) is 5.91 Å². The Labute approximate surface area is 179 Å². The number of carbonyl (C=O) groups is 1. The van der Waals surface area contributed by atoms with E-state index in [1.807, 2.05) is 12.1 Å². The third-order valence-corrected chi connectivity index (χ3v) is 7.47. The molecule has 0 aliphatic heterocycles. The van der Waals surface area contributed by atoms with Crippen LogP contribution in [0.25, 0.3) is 0 Å². The fourth-order valence-corrected chi connectivity index (χ4v) is 6.51. The summed E-state index contributed by atoms with van der Waals surface area (Å²) in [6.45, 7) is 2.09. The summed E-state index contributed by atoms with van der Waals surface area (Å²) in [6, 6.07) is 12.5. The van der Waals surface area contributed by atoms with Crippen molar-refractivity contribution >= 4 is 17.4 Å². The minimum atomic E-state index is 0.0608. The van der Waals surface area contributed by atoms with Crippen LogP contribution in [0, 0.1) is 24.7 Å². The number of hydrogen-bond acceptors (Lipinski definition) is 3. The second kappa shape index (κ2) is 8.05. The van der Waals surface area contributed by atoms with Gasteiger partial charge in [0.15, 0.2) is 0 Å². The molecule has 4 aliphatic rings. The van der Waals surface area contributed by atoms with Crippen molar-refractivity contribution in [2.75, 3.05) is 10.6 Å². The molecule has 4 fully saturated rings. The molecule has 4 saturated carbocycles. The lowest BCUT2D eigenvalue weighted by Crippen LogP contribution is -2.54. The summed E-state index contributed by atoms with van der Waals surface area (Å²) < 4.78 is 0. The molecule has 4 nitrogen and oxygen atoms in total. The summed E-state index contributed by atoms with van der Waals surface area (Å²) in [7, 11) is 0. The SMILES string of the molecule is Cc1ccc(CCCC(=O)Nc2ccc(NC34CC5CC(CC(C5)C3)C4)nc2)cc1. The number of aryl methyl sites for hydroxylation is 2. The van der Waals surface area contributed by atoms with Gasteiger partial charge in [-0.25, -0.2) is 4.98 Å². The van der Waals surface area contributed by atoms with Gasteiger partial charge in [-0.2, -0.15) is 0 Å². The first-order valence-corrected chi connectivity index (χ1v) is 11.6. The van der Waals surface area contributed by atoms with E-state index in [-0.39, 0.29) is 11.4 Å². The van der Waals surface area contributed by atoms with Gasteiger partial charge < -0.3 is 10.6 Å². The Morgan fingerprint density at radius 3 is 2.27 bits per heavy atom. The summed E-state index contributed by atoms with van der Waals surface area (Å²) >= 11 is 0. The highest BCUT2D eigenvalue weighted by Gasteiger charge is 2.51. The standard InChI is InChI=1S/C26H33N3O/c1-18-5-7-19(8-6-18)3-2-4-25(30)28-23-9-10-24(27-17-23)29-26-14-20-11-21(15-26)13-22(12-20)16-26/h5-10,17,20-22H,2-4,11-16H2,1H3,(H,27,29)(H,28,30). The predicted molar refractivity (Wildman–Crippen MR) is 122 cm³/mol. The number of nitrogens with one attached hydrogen (secondary N) is 2. The molecule has 1 heterocycles. The Bertz CT molecular complexity index is 852. The average Bonchev–Trinajstić information content (AvgIpc) is 2.70. The summed E-state index contributed by atoms with van der Waals surface area (Å²) in [6.07, 6.45) is 12.4. The highest BCUT2D eigenvalue weighted by molar-refractivity contribution is 5.90. The van der Waals surface area contributed by atoms with Crippen molar-refractivity contribution < 1.29 is 4.79 Å². The maximum Gasteiger partial charge on any atom is 0.224 e. The van der Waals surface area contributed by atoms with Crippen LogP contribution >= 0.6 is 0 Å². The van der Waals surface area contributed by atoms with Crippen LogP contribution in [0.3, 0.4) is 0 Å². The molecular weight excluding hydrogens is 370 g/mol. The van der Waals surface area contributed by atoms with Gasteiger partial charge in [0.05, 0.1) is 11.9 Å². The fraction of sp³-hybridized carbons (Fsp3) is 0.538. The number of rotatable bonds is 7. The Morgan fingerprint density at radius 1 is 1.00 bits per heavy atom. The second-order valence-electron chi connectivity index (χ2n) is 10.1. The molecule has 0 spiro atoms. The molecule has 1 aromatic heterocycles. The number of amides is 1. The smallest absolute Gasteiger partial charge is 0.224 e. The normalized spacial score (nSPS) is 29.0. The molecule has 2 aromatic rings. The number of aromatic nitrogens is 1. The fourth-order valence-electron chi connectivity index (χ4n) is 6.51. The number of pyridine rings is 1. The van der Waals surface area contributed by atoms with Gasteiger partial charge in [0.1, 0.15) is 5.82 Å². The molecular formula is C26H33N3O. The van der Waals surface area contributed by atoms with E-state index in [2.05, 4.69) is 46.8 Å². The summed E-state index contributed by atoms with van der Waals surface area (Å²) in [5.74, 6) is 3.77. The van der Waals surface area contributed by atoms with Crippen molar-refractivity contribution in [3.63, 3.8) is 0 Å². The average molecular weight is 404 g/mol. The van der Waals surface area contributed by atoms with Gasteiger partial charge in [-0.1, -0.05) is 29.8 Å². The molecule has 0 radical (unpaired) electrons. The molecule has 4 heteroatoms. The van der Waals surface area contributed by atoms with Crippen LogP contribution in [0.5, 0.6) is 0 Å². The van der Waals surface area contributed by atoms with Crippen molar-refractivity contribution in [1.29, 1.82) is 0 Å². The number of benzene rings is 1. The lowest BCUT2D eigenvalue weighted by atomic mass is 9.53. The lowest BCUT2D eigenvalue weighted by Gasteiger charge is -2.57. The highest BCUT2D eigenvalue weighted by atomic mass is 16.1. The van der Waals surface area contributed by atoms with E-state index in [1.54, 1.807) is 6.20 Å². The van der Waals surface area contributed by atoms with E-state index >= 15 is 0 Å². The zero-order chi connectivity index (χ0) is 20.6. The van der Waals surface area contributed by atoms with Crippen molar-refractivity contribution in [3.8, 4) is 0 Å². The van der Waals surface area contributed by atoms with Crippen molar-refractivity contribution in [3.05, 3.63) is 53.7 Å². The van der Waals surface area contributed by atoms with Crippen molar-refractivity contribution in [2.24, 2.45) is 17.8 Å². The van der Waals surface area contributed by atoms with Gasteiger partial charge in [-0.15, -0.1) is 0 Å². The largest absolute Gasteiger partial charge is 0.365 e. The van der Waals surface area contributed by atoms with Gasteiger partial charge in [0, 0.05) is 12.0 Å². The summed E-state index contributed by atoms with van der Waals surface area (Å²) in [5, 5.41) is 6.79. The molecule has 0 saturated heterocycles. The topological polar surface area (TPSA) is 54.0 Å². The third-order valence-electron chi connectivity index (χ3n) is 7.47. The molecule has 158 valence electrons. The second-order valence-corrected chi connectivity index (χ2v) is 10.1. The quantitative estimate of drug-likeness (QED) is 0.620. The van der Waals surface area contributed by atoms with Gasteiger partial charge in [-0.3, -0.25) is 4.79 Å². The van der Waals surface area contributed by atoms with Gasteiger partial charge in [-0.05, 0) is 93.7 Å². The van der Waals surface area contributed by atoms with Crippen LogP contribution in [0.4, 0.5) is 11.5 Å². The van der Waals surface area contributed by atoms with Crippen molar-refractivity contribution in [1.82, 2.24) is 4.98 Å². The van der Waals surface area contributed by atoms with Crippen LogP contribution in [0.1, 0.15) is 62.5 Å². The first kappa shape index (κ1) is 19.6. The molecule has 30 heavy (non-hydrogen) atoms. The van der Waals surface area contributed by atoms with Crippen LogP contribution < -0.4 is 10.6 Å². The minimum absolute atomic E-state index is 0.0608. The highest BCUT2D eigenvalue weighted by Crippen LogP contribution is 2.56. The Kier molecular flexibility index (Phi) is 5.26. The monoisotopic (exact) mass is 403 g/mol.